The number of hydrogen-bond acceptors (Lipinski definition) is 3. The summed E-state index contributed by atoms with van der Waals surface area (Å²) in [5.74, 6) is 0.789. The first-order valence-electron chi connectivity index (χ1n) is 9.38. The van der Waals surface area contributed by atoms with E-state index >= 15 is 0 Å². The molecule has 1 aliphatic rings. The largest absolute Gasteiger partial charge is 0.396 e. The fraction of sp³-hybridized carbons (Fsp3) is 0.650. The molecular formula is C20H33ClIN3O2. The molecule has 1 aromatic rings. The summed E-state index contributed by atoms with van der Waals surface area (Å²) < 4.78 is 5.56. The van der Waals surface area contributed by atoms with Gasteiger partial charge in [-0.3, -0.25) is 4.99 Å². The second-order valence-electron chi connectivity index (χ2n) is 7.69. The van der Waals surface area contributed by atoms with Crippen LogP contribution in [-0.4, -0.2) is 50.5 Å². The third-order valence-corrected chi connectivity index (χ3v) is 5.37. The Kier molecular flexibility index (Phi) is 10.4. The molecule has 1 saturated heterocycles. The second kappa shape index (κ2) is 11.4. The Labute approximate surface area is 185 Å². The van der Waals surface area contributed by atoms with Crippen LogP contribution in [0.15, 0.2) is 29.3 Å². The average molecular weight is 510 g/mol. The highest BCUT2D eigenvalue weighted by Gasteiger charge is 2.34. The summed E-state index contributed by atoms with van der Waals surface area (Å²) in [5.41, 5.74) is 0.922. The Morgan fingerprint density at radius 3 is 2.67 bits per heavy atom. The van der Waals surface area contributed by atoms with Gasteiger partial charge in [0.05, 0.1) is 13.2 Å². The van der Waals surface area contributed by atoms with Crippen molar-refractivity contribution in [2.24, 2.45) is 10.4 Å². The average Bonchev–Trinajstić information content (AvgIpc) is 3.07. The van der Waals surface area contributed by atoms with Crippen LogP contribution in [0.2, 0.25) is 5.02 Å². The lowest BCUT2D eigenvalue weighted by molar-refractivity contribution is 0.127. The molecule has 1 unspecified atom stereocenters. The van der Waals surface area contributed by atoms with Crippen LogP contribution < -0.4 is 10.6 Å². The van der Waals surface area contributed by atoms with Gasteiger partial charge in [0.25, 0.3) is 0 Å². The first-order chi connectivity index (χ1) is 12.4. The van der Waals surface area contributed by atoms with Crippen molar-refractivity contribution in [2.75, 3.05) is 39.5 Å². The van der Waals surface area contributed by atoms with E-state index in [0.29, 0.717) is 13.2 Å². The minimum absolute atomic E-state index is 0. The van der Waals surface area contributed by atoms with Crippen molar-refractivity contribution in [3.05, 3.63) is 34.9 Å². The van der Waals surface area contributed by atoms with Gasteiger partial charge >= 0.3 is 0 Å². The number of nitrogens with one attached hydrogen (secondary N) is 2. The lowest BCUT2D eigenvalue weighted by Crippen LogP contribution is -2.45. The third kappa shape index (κ3) is 7.07. The molecule has 0 aromatic heterocycles. The highest BCUT2D eigenvalue weighted by atomic mass is 127. The quantitative estimate of drug-likeness (QED) is 0.285. The van der Waals surface area contributed by atoms with Gasteiger partial charge in [-0.2, -0.15) is 0 Å². The van der Waals surface area contributed by atoms with Crippen molar-refractivity contribution in [1.29, 1.82) is 0 Å². The molecule has 0 bridgehead atoms. The molecule has 154 valence electrons. The molecule has 1 fully saturated rings. The standard InChI is InChI=1S/C20H32ClN3O2.HI/c1-4-22-18(24-14-20(9-11-25)10-12-26-15-20)23-13-19(2,3)16-7-5-6-8-17(16)21;/h5-8,25H,4,9-15H2,1-3H3,(H2,22,23,24);1H. The van der Waals surface area contributed by atoms with Crippen LogP contribution in [0.1, 0.15) is 39.2 Å². The second-order valence-corrected chi connectivity index (χ2v) is 8.10. The summed E-state index contributed by atoms with van der Waals surface area (Å²) >= 11 is 6.37. The summed E-state index contributed by atoms with van der Waals surface area (Å²) in [6.07, 6.45) is 1.70. The molecule has 0 amide bonds. The molecule has 0 aliphatic carbocycles. The first-order valence-corrected chi connectivity index (χ1v) is 9.76. The molecule has 27 heavy (non-hydrogen) atoms. The van der Waals surface area contributed by atoms with E-state index in [-0.39, 0.29) is 41.4 Å². The van der Waals surface area contributed by atoms with Crippen LogP contribution in [0.3, 0.4) is 0 Å². The zero-order valence-electron chi connectivity index (χ0n) is 16.6. The molecule has 5 nitrogen and oxygen atoms in total. The monoisotopic (exact) mass is 509 g/mol. The number of aliphatic imine (C=N–C) groups is 1. The smallest absolute Gasteiger partial charge is 0.191 e. The number of benzene rings is 1. The number of aliphatic hydroxyl groups is 1. The maximum Gasteiger partial charge on any atom is 0.191 e. The molecular weight excluding hydrogens is 477 g/mol. The lowest BCUT2D eigenvalue weighted by atomic mass is 9.84. The molecule has 3 N–H and O–H groups in total. The number of nitrogens with zero attached hydrogens (tertiary/aromatic N) is 1. The number of aliphatic hydroxyl groups excluding tert-OH is 1. The van der Waals surface area contributed by atoms with Gasteiger partial charge in [0.1, 0.15) is 0 Å². The van der Waals surface area contributed by atoms with E-state index in [4.69, 9.17) is 21.3 Å². The van der Waals surface area contributed by atoms with Crippen molar-refractivity contribution in [2.45, 2.75) is 39.0 Å². The van der Waals surface area contributed by atoms with Crippen LogP contribution in [-0.2, 0) is 10.2 Å². The molecule has 1 heterocycles. The van der Waals surface area contributed by atoms with Crippen LogP contribution in [0.5, 0.6) is 0 Å². The zero-order chi connectivity index (χ0) is 19.0. The Bertz CT molecular complexity index is 605. The van der Waals surface area contributed by atoms with E-state index in [9.17, 15) is 5.11 Å². The van der Waals surface area contributed by atoms with Crippen LogP contribution in [0.4, 0.5) is 0 Å². The first kappa shape index (κ1) is 24.5. The van der Waals surface area contributed by atoms with Gasteiger partial charge in [0.2, 0.25) is 0 Å². The van der Waals surface area contributed by atoms with Gasteiger partial charge in [-0.15, -0.1) is 24.0 Å². The van der Waals surface area contributed by atoms with E-state index in [1.165, 1.54) is 0 Å². The van der Waals surface area contributed by atoms with Crippen LogP contribution in [0, 0.1) is 5.41 Å². The van der Waals surface area contributed by atoms with Crippen LogP contribution >= 0.6 is 35.6 Å². The fourth-order valence-electron chi connectivity index (χ4n) is 3.30. The molecule has 1 aromatic carbocycles. The Morgan fingerprint density at radius 1 is 1.33 bits per heavy atom. The number of ether oxygens (including phenoxy) is 1. The minimum Gasteiger partial charge on any atom is -0.396 e. The maximum absolute atomic E-state index is 9.38. The van der Waals surface area contributed by atoms with Gasteiger partial charge in [0, 0.05) is 42.2 Å². The lowest BCUT2D eigenvalue weighted by Gasteiger charge is -2.28. The summed E-state index contributed by atoms with van der Waals surface area (Å²) in [5, 5.41) is 16.9. The van der Waals surface area contributed by atoms with E-state index in [2.05, 4.69) is 37.5 Å². The normalized spacial score (nSPS) is 20.3. The minimum atomic E-state index is -0.167. The van der Waals surface area contributed by atoms with Gasteiger partial charge in [0.15, 0.2) is 5.96 Å². The van der Waals surface area contributed by atoms with Crippen molar-refractivity contribution in [1.82, 2.24) is 10.6 Å². The zero-order valence-corrected chi connectivity index (χ0v) is 19.6. The van der Waals surface area contributed by atoms with E-state index in [1.54, 1.807) is 0 Å². The predicted octanol–water partition coefficient (Wildman–Crippen LogP) is 3.58. The predicted molar refractivity (Wildman–Crippen MR) is 123 cm³/mol. The van der Waals surface area contributed by atoms with E-state index in [1.807, 2.05) is 18.2 Å². The van der Waals surface area contributed by atoms with E-state index in [0.717, 1.165) is 49.1 Å². The Morgan fingerprint density at radius 2 is 2.07 bits per heavy atom. The topological polar surface area (TPSA) is 65.9 Å². The van der Waals surface area contributed by atoms with Crippen molar-refractivity contribution >= 4 is 41.5 Å². The van der Waals surface area contributed by atoms with Gasteiger partial charge in [-0.05, 0) is 31.4 Å². The maximum atomic E-state index is 9.38. The van der Waals surface area contributed by atoms with Crippen molar-refractivity contribution < 1.29 is 9.84 Å². The molecule has 0 radical (unpaired) electrons. The van der Waals surface area contributed by atoms with Crippen molar-refractivity contribution in [3.63, 3.8) is 0 Å². The summed E-state index contributed by atoms with van der Waals surface area (Å²) in [7, 11) is 0. The molecule has 7 heteroatoms. The molecule has 2 rings (SSSR count). The SMILES string of the molecule is CCNC(=NCC(C)(C)c1ccccc1Cl)NCC1(CCO)CCOC1.I. The summed E-state index contributed by atoms with van der Waals surface area (Å²) in [4.78, 5) is 4.79. The van der Waals surface area contributed by atoms with Gasteiger partial charge in [-0.25, -0.2) is 0 Å². The molecule has 1 atom stereocenters. The number of rotatable bonds is 8. The van der Waals surface area contributed by atoms with Crippen molar-refractivity contribution in [3.8, 4) is 0 Å². The Balaban J connectivity index is 0.00000364. The van der Waals surface area contributed by atoms with E-state index < -0.39 is 0 Å². The Hall–Kier alpha value is -0.570. The highest BCUT2D eigenvalue weighted by molar-refractivity contribution is 14.0. The molecule has 1 aliphatic heterocycles. The van der Waals surface area contributed by atoms with Crippen LogP contribution in [0.25, 0.3) is 0 Å². The number of guanidine groups is 1. The molecule has 0 spiro atoms. The summed E-state index contributed by atoms with van der Waals surface area (Å²) in [6.45, 7) is 10.1. The van der Waals surface area contributed by atoms with Gasteiger partial charge < -0.3 is 20.5 Å². The highest BCUT2D eigenvalue weighted by Crippen LogP contribution is 2.32. The third-order valence-electron chi connectivity index (χ3n) is 5.04. The molecule has 0 saturated carbocycles. The van der Waals surface area contributed by atoms with Gasteiger partial charge in [-0.1, -0.05) is 43.6 Å². The fourth-order valence-corrected chi connectivity index (χ4v) is 3.69. The number of halogens is 2. The summed E-state index contributed by atoms with van der Waals surface area (Å²) in [6, 6.07) is 7.94. The number of hydrogen-bond donors (Lipinski definition) is 3.